The Kier molecular flexibility index (Phi) is 17.4. The smallest absolute Gasteiger partial charge is 0.255 e. The molecule has 5 aromatic rings. The topological polar surface area (TPSA) is 283 Å². The first-order valence-electron chi connectivity index (χ1n) is 23.1. The van der Waals surface area contributed by atoms with Crippen molar-refractivity contribution in [2.75, 3.05) is 46.4 Å². The van der Waals surface area contributed by atoms with Gasteiger partial charge in [-0.2, -0.15) is 5.26 Å². The molecule has 10 N–H and O–H groups in total. The van der Waals surface area contributed by atoms with Crippen LogP contribution in [-0.2, 0) is 31.0 Å². The van der Waals surface area contributed by atoms with Gasteiger partial charge in [-0.3, -0.25) is 24.0 Å². The highest BCUT2D eigenvalue weighted by Crippen LogP contribution is 2.40. The van der Waals surface area contributed by atoms with Crippen LogP contribution in [0.1, 0.15) is 71.5 Å². The van der Waals surface area contributed by atoms with Crippen LogP contribution >= 0.6 is 0 Å². The normalized spacial score (nSPS) is 16.3. The molecule has 18 heteroatoms. The highest BCUT2D eigenvalue weighted by atomic mass is 16.5. The number of carbonyl (C=O) groups is 5. The van der Waals surface area contributed by atoms with Crippen molar-refractivity contribution in [1.82, 2.24) is 36.1 Å². The average molecular weight is 952 g/mol. The number of benzene rings is 4. The molecule has 4 aromatic carbocycles. The fourth-order valence-electron chi connectivity index (χ4n) is 8.25. The van der Waals surface area contributed by atoms with Gasteiger partial charge >= 0.3 is 0 Å². The molecule has 6 rings (SSSR count). The Morgan fingerprint density at radius 1 is 0.871 bits per heavy atom. The molecule has 0 saturated heterocycles. The Morgan fingerprint density at radius 3 is 2.14 bits per heavy atom. The third-order valence-corrected chi connectivity index (χ3v) is 12.2. The van der Waals surface area contributed by atoms with E-state index in [0.29, 0.717) is 45.3 Å². The Bertz CT molecular complexity index is 2730. The number of hydrogen-bond donors (Lipinski definition) is 7. The molecule has 0 radical (unpaired) electrons. The van der Waals surface area contributed by atoms with E-state index in [1.165, 1.54) is 30.6 Å². The van der Waals surface area contributed by atoms with Crippen LogP contribution in [0.5, 0.6) is 11.5 Å². The first kappa shape index (κ1) is 51.7. The number of hydrogen-bond acceptors (Lipinski definition) is 13. The van der Waals surface area contributed by atoms with Crippen LogP contribution in [0.15, 0.2) is 97.2 Å². The first-order valence-corrected chi connectivity index (χ1v) is 23.1. The number of rotatable bonds is 17. The Labute approximate surface area is 407 Å². The Balaban J connectivity index is 1.34. The lowest BCUT2D eigenvalue weighted by Gasteiger charge is -2.32. The minimum Gasteiger partial charge on any atom is -0.492 e. The fourth-order valence-corrected chi connectivity index (χ4v) is 8.25. The maximum atomic E-state index is 14.7. The van der Waals surface area contributed by atoms with Crippen molar-refractivity contribution in [2.24, 2.45) is 17.2 Å². The van der Waals surface area contributed by atoms with Crippen molar-refractivity contribution in [3.05, 3.63) is 131 Å². The zero-order valence-corrected chi connectivity index (χ0v) is 40.1. The number of likely N-dealkylation sites (N-methyl/N-ethyl adjacent to an activating group) is 1. The van der Waals surface area contributed by atoms with Gasteiger partial charge in [0.05, 0.1) is 17.3 Å². The molecule has 2 heterocycles. The summed E-state index contributed by atoms with van der Waals surface area (Å²) in [5.74, 6) is -2.21. The number of fused-ring (bicyclic) bond motifs is 5. The summed E-state index contributed by atoms with van der Waals surface area (Å²) in [5.41, 5.74) is 22.9. The molecule has 366 valence electrons. The molecule has 0 aliphatic carbocycles. The van der Waals surface area contributed by atoms with Crippen molar-refractivity contribution in [2.45, 2.75) is 70.1 Å². The van der Waals surface area contributed by atoms with E-state index in [2.05, 4.69) is 57.2 Å². The summed E-state index contributed by atoms with van der Waals surface area (Å²) in [6.45, 7) is 7.78. The Hall–Kier alpha value is -7.72. The molecular weight excluding hydrogens is 891 g/mol. The number of nitrogens with two attached hydrogens (primary N) is 3. The number of carbonyl (C=O) groups excluding carboxylic acids is 5. The Morgan fingerprint density at radius 2 is 1.51 bits per heavy atom. The fraction of sp³-hybridized carbons (Fsp3) is 0.346. The lowest BCUT2D eigenvalue weighted by atomic mass is 9.78. The summed E-state index contributed by atoms with van der Waals surface area (Å²) in [5, 5.41) is 19.9. The largest absolute Gasteiger partial charge is 0.492 e. The van der Waals surface area contributed by atoms with Gasteiger partial charge in [-0.05, 0) is 73.3 Å². The van der Waals surface area contributed by atoms with E-state index in [0.717, 1.165) is 11.1 Å². The molecule has 18 nitrogen and oxygen atoms in total. The number of aromatic nitrogens is 2. The molecule has 70 heavy (non-hydrogen) atoms. The minimum absolute atomic E-state index is 0.00158. The standard InChI is InChI=1S/C52H61N11O7/c1-31-40(30-58-46(59-31)34-12-15-37(16-13-34)52(3,4)36-9-7-6-8-10-36)48(65)61-41(19-20-53)51(68)63(5)45-35-14-18-44(70-26-23-56)39(29-35)38-27-33(11-17-43(38)69-25-22-55)28-42(49(66)57-24-21-54)62-47(64)32(2)60-50(45)67/h6-18,27,29-30,32,41-42,45H,19-20,22-26,28,53,55-56H2,1-5H3,(H,57,66)(H,60,67)(H,61,65)(H,62,64)/t32-,41-,42-,45-/m0/s1. The van der Waals surface area contributed by atoms with Crippen molar-refractivity contribution in [3.63, 3.8) is 0 Å². The van der Waals surface area contributed by atoms with Crippen LogP contribution in [-0.4, -0.2) is 109 Å². The number of amides is 5. The van der Waals surface area contributed by atoms with E-state index in [9.17, 15) is 29.2 Å². The summed E-state index contributed by atoms with van der Waals surface area (Å²) in [4.78, 5) is 80.9. The number of aryl methyl sites for hydroxylation is 1. The van der Waals surface area contributed by atoms with Gasteiger partial charge in [-0.25, -0.2) is 9.97 Å². The number of ether oxygens (including phenoxy) is 2. The highest BCUT2D eigenvalue weighted by molar-refractivity contribution is 6.00. The third kappa shape index (κ3) is 12.1. The summed E-state index contributed by atoms with van der Waals surface area (Å²) in [6, 6.07) is 25.2. The van der Waals surface area contributed by atoms with Crippen molar-refractivity contribution in [3.8, 4) is 40.1 Å². The predicted octanol–water partition coefficient (Wildman–Crippen LogP) is 2.95. The van der Waals surface area contributed by atoms with Gasteiger partial charge in [0, 0.05) is 54.9 Å². The van der Waals surface area contributed by atoms with E-state index in [4.69, 9.17) is 26.7 Å². The second kappa shape index (κ2) is 23.5. The van der Waals surface area contributed by atoms with E-state index in [-0.39, 0.29) is 63.2 Å². The van der Waals surface area contributed by atoms with Gasteiger partial charge in [-0.1, -0.05) is 80.6 Å². The molecule has 1 aliphatic heterocycles. The van der Waals surface area contributed by atoms with Gasteiger partial charge in [0.15, 0.2) is 5.82 Å². The lowest BCUT2D eigenvalue weighted by Crippen LogP contribution is -2.56. The van der Waals surface area contributed by atoms with Crippen LogP contribution in [0.3, 0.4) is 0 Å². The van der Waals surface area contributed by atoms with Gasteiger partial charge in [0.25, 0.3) is 5.91 Å². The molecule has 4 atom stereocenters. The van der Waals surface area contributed by atoms with E-state index >= 15 is 0 Å². The third-order valence-electron chi connectivity index (χ3n) is 12.2. The number of nitriles is 1. The predicted molar refractivity (Wildman–Crippen MR) is 264 cm³/mol. The SMILES string of the molecule is Cc1nc(-c2ccc(C(C)(C)c3ccccc3)cc2)ncc1C(=O)N[C@@H](CCN)C(=O)N(C)[C@@H]1C(=O)N[C@@H](C)C(=O)N[C@H](C(=O)NCC#N)Cc2ccc(OCCN)c(c2)-c2cc1ccc2OCCN. The minimum atomic E-state index is -1.41. The van der Waals surface area contributed by atoms with E-state index < -0.39 is 53.7 Å². The molecule has 4 bridgehead atoms. The molecule has 0 unspecified atom stereocenters. The van der Waals surface area contributed by atoms with Gasteiger partial charge < -0.3 is 52.8 Å². The molecule has 1 aliphatic rings. The molecule has 0 fully saturated rings. The van der Waals surface area contributed by atoms with Gasteiger partial charge in [-0.15, -0.1) is 0 Å². The maximum absolute atomic E-state index is 14.7. The molecule has 0 saturated carbocycles. The lowest BCUT2D eigenvalue weighted by molar-refractivity contribution is -0.141. The number of nitrogens with one attached hydrogen (secondary N) is 4. The van der Waals surface area contributed by atoms with Gasteiger partial charge in [0.2, 0.25) is 23.6 Å². The first-order chi connectivity index (χ1) is 33.6. The van der Waals surface area contributed by atoms with Gasteiger partial charge in [0.1, 0.15) is 55.4 Å². The van der Waals surface area contributed by atoms with Crippen LogP contribution < -0.4 is 47.9 Å². The summed E-state index contributed by atoms with van der Waals surface area (Å²) < 4.78 is 12.2. The molecular formula is C52H61N11O7. The van der Waals surface area contributed by atoms with Crippen molar-refractivity contribution in [1.29, 1.82) is 5.26 Å². The second-order valence-corrected chi connectivity index (χ2v) is 17.4. The van der Waals surface area contributed by atoms with Crippen molar-refractivity contribution < 1.29 is 33.4 Å². The maximum Gasteiger partial charge on any atom is 0.255 e. The van der Waals surface area contributed by atoms with Crippen LogP contribution in [0, 0.1) is 18.3 Å². The molecule has 1 aromatic heterocycles. The summed E-state index contributed by atoms with van der Waals surface area (Å²) in [7, 11) is 1.41. The second-order valence-electron chi connectivity index (χ2n) is 17.4. The van der Waals surface area contributed by atoms with E-state index in [1.54, 1.807) is 43.3 Å². The summed E-state index contributed by atoms with van der Waals surface area (Å²) >= 11 is 0. The zero-order valence-electron chi connectivity index (χ0n) is 40.1. The van der Waals surface area contributed by atoms with E-state index in [1.807, 2.05) is 48.5 Å². The number of nitrogens with zero attached hydrogens (tertiary/aromatic N) is 4. The van der Waals surface area contributed by atoms with Crippen molar-refractivity contribution >= 4 is 29.5 Å². The quantitative estimate of drug-likeness (QED) is 0.0662. The van der Waals surface area contributed by atoms with Crippen LogP contribution in [0.25, 0.3) is 22.5 Å². The van der Waals surface area contributed by atoms with Crippen LogP contribution in [0.4, 0.5) is 0 Å². The van der Waals surface area contributed by atoms with Crippen LogP contribution in [0.2, 0.25) is 0 Å². The average Bonchev–Trinajstić information content (AvgIpc) is 3.36. The molecule has 0 spiro atoms. The highest BCUT2D eigenvalue weighted by Gasteiger charge is 2.36. The monoisotopic (exact) mass is 951 g/mol. The zero-order chi connectivity index (χ0) is 50.5. The summed E-state index contributed by atoms with van der Waals surface area (Å²) in [6.07, 6.45) is 1.40. The molecule has 5 amide bonds.